The summed E-state index contributed by atoms with van der Waals surface area (Å²) in [6, 6.07) is 4.21. The summed E-state index contributed by atoms with van der Waals surface area (Å²) < 4.78 is 31.7. The highest BCUT2D eigenvalue weighted by atomic mass is 35.5. The van der Waals surface area contributed by atoms with Gasteiger partial charge in [-0.15, -0.1) is 12.4 Å². The Labute approximate surface area is 136 Å². The summed E-state index contributed by atoms with van der Waals surface area (Å²) in [7, 11) is -2.34. The van der Waals surface area contributed by atoms with Crippen LogP contribution in [0.1, 0.15) is 28.8 Å². The first kappa shape index (κ1) is 18.9. The van der Waals surface area contributed by atoms with Gasteiger partial charge in [-0.2, -0.15) is 0 Å². The number of aryl methyl sites for hydroxylation is 1. The SMILES string of the molecule is COC(=O)c1ccc(S(=O)(=O)NCC(N)C2CC2)c(C)c1.Cl. The molecule has 22 heavy (non-hydrogen) atoms. The van der Waals surface area contributed by atoms with Gasteiger partial charge < -0.3 is 10.5 Å². The predicted octanol–water partition coefficient (Wildman–Crippen LogP) is 1.22. The van der Waals surface area contributed by atoms with E-state index in [0.717, 1.165) is 12.8 Å². The molecular weight excluding hydrogens is 328 g/mol. The van der Waals surface area contributed by atoms with E-state index in [2.05, 4.69) is 9.46 Å². The van der Waals surface area contributed by atoms with Crippen molar-refractivity contribution in [2.24, 2.45) is 11.7 Å². The zero-order valence-corrected chi connectivity index (χ0v) is 14.2. The molecule has 1 atom stereocenters. The van der Waals surface area contributed by atoms with Crippen molar-refractivity contribution in [3.05, 3.63) is 29.3 Å². The molecule has 0 aromatic heterocycles. The fourth-order valence-electron chi connectivity index (χ4n) is 2.17. The Morgan fingerprint density at radius 3 is 2.59 bits per heavy atom. The van der Waals surface area contributed by atoms with Crippen molar-refractivity contribution >= 4 is 28.4 Å². The van der Waals surface area contributed by atoms with Gasteiger partial charge in [-0.05, 0) is 49.4 Å². The first-order valence-corrected chi connectivity index (χ1v) is 8.27. The van der Waals surface area contributed by atoms with Gasteiger partial charge in [0.15, 0.2) is 0 Å². The zero-order valence-electron chi connectivity index (χ0n) is 12.5. The van der Waals surface area contributed by atoms with Crippen LogP contribution in [0.5, 0.6) is 0 Å². The summed E-state index contributed by atoms with van der Waals surface area (Å²) in [5, 5.41) is 0. The Hall–Kier alpha value is -1.15. The van der Waals surface area contributed by atoms with Crippen LogP contribution < -0.4 is 10.5 Å². The third kappa shape index (κ3) is 4.42. The second kappa shape index (κ2) is 7.41. The molecule has 1 aromatic rings. The monoisotopic (exact) mass is 348 g/mol. The van der Waals surface area contributed by atoms with Crippen LogP contribution in [0.4, 0.5) is 0 Å². The molecule has 0 saturated heterocycles. The first-order chi connectivity index (χ1) is 9.85. The van der Waals surface area contributed by atoms with Gasteiger partial charge in [0.05, 0.1) is 17.6 Å². The Morgan fingerprint density at radius 2 is 2.09 bits per heavy atom. The molecule has 1 aliphatic carbocycles. The number of hydrogen-bond donors (Lipinski definition) is 2. The van der Waals surface area contributed by atoms with Crippen molar-refractivity contribution in [1.29, 1.82) is 0 Å². The van der Waals surface area contributed by atoms with Crippen LogP contribution in [0, 0.1) is 12.8 Å². The van der Waals surface area contributed by atoms with Gasteiger partial charge in [0.25, 0.3) is 0 Å². The van der Waals surface area contributed by atoms with Crippen LogP contribution in [-0.2, 0) is 14.8 Å². The number of hydrogen-bond acceptors (Lipinski definition) is 5. The number of rotatable bonds is 6. The lowest BCUT2D eigenvalue weighted by molar-refractivity contribution is 0.0600. The number of nitrogens with one attached hydrogen (secondary N) is 1. The molecule has 1 saturated carbocycles. The van der Waals surface area contributed by atoms with Gasteiger partial charge in [-0.25, -0.2) is 17.9 Å². The van der Waals surface area contributed by atoms with E-state index < -0.39 is 16.0 Å². The second-order valence-electron chi connectivity index (χ2n) is 5.33. The summed E-state index contributed by atoms with van der Waals surface area (Å²) >= 11 is 0. The van der Waals surface area contributed by atoms with E-state index in [-0.39, 0.29) is 29.9 Å². The van der Waals surface area contributed by atoms with E-state index >= 15 is 0 Å². The van der Waals surface area contributed by atoms with Gasteiger partial charge in [0.2, 0.25) is 10.0 Å². The molecule has 1 aromatic carbocycles. The van der Waals surface area contributed by atoms with E-state index in [4.69, 9.17) is 5.73 Å². The minimum Gasteiger partial charge on any atom is -0.465 e. The van der Waals surface area contributed by atoms with Crippen molar-refractivity contribution in [3.63, 3.8) is 0 Å². The summed E-state index contributed by atoms with van der Waals surface area (Å²) in [6.07, 6.45) is 2.13. The average molecular weight is 349 g/mol. The molecule has 1 aliphatic rings. The Balaban J connectivity index is 0.00000242. The summed E-state index contributed by atoms with van der Waals surface area (Å²) in [5.74, 6) is -0.0683. The molecule has 2 rings (SSSR count). The molecule has 0 heterocycles. The Bertz CT molecular complexity index is 644. The summed E-state index contributed by atoms with van der Waals surface area (Å²) in [6.45, 7) is 1.87. The molecule has 0 radical (unpaired) electrons. The minimum absolute atomic E-state index is 0. The van der Waals surface area contributed by atoms with Crippen LogP contribution in [0.25, 0.3) is 0 Å². The molecule has 0 aliphatic heterocycles. The van der Waals surface area contributed by atoms with Crippen molar-refractivity contribution in [2.75, 3.05) is 13.7 Å². The molecule has 0 spiro atoms. The number of ether oxygens (including phenoxy) is 1. The van der Waals surface area contributed by atoms with Gasteiger partial charge in [-0.1, -0.05) is 0 Å². The lowest BCUT2D eigenvalue weighted by Gasteiger charge is -2.13. The first-order valence-electron chi connectivity index (χ1n) is 6.79. The van der Waals surface area contributed by atoms with Crippen molar-refractivity contribution in [1.82, 2.24) is 4.72 Å². The number of carbonyl (C=O) groups is 1. The quantitative estimate of drug-likeness (QED) is 0.753. The van der Waals surface area contributed by atoms with Crippen LogP contribution in [0.15, 0.2) is 23.1 Å². The maximum Gasteiger partial charge on any atom is 0.337 e. The highest BCUT2D eigenvalue weighted by molar-refractivity contribution is 7.89. The van der Waals surface area contributed by atoms with Gasteiger partial charge in [0, 0.05) is 12.6 Å². The zero-order chi connectivity index (χ0) is 15.6. The van der Waals surface area contributed by atoms with E-state index in [9.17, 15) is 13.2 Å². The fourth-order valence-corrected chi connectivity index (χ4v) is 3.47. The lowest BCUT2D eigenvalue weighted by atomic mass is 10.1. The Morgan fingerprint density at radius 1 is 1.45 bits per heavy atom. The molecule has 124 valence electrons. The number of sulfonamides is 1. The van der Waals surface area contributed by atoms with Gasteiger partial charge in [0.1, 0.15) is 0 Å². The molecule has 6 nitrogen and oxygen atoms in total. The van der Waals surface area contributed by atoms with Crippen molar-refractivity contribution in [2.45, 2.75) is 30.7 Å². The van der Waals surface area contributed by atoms with Gasteiger partial charge >= 0.3 is 5.97 Å². The molecule has 1 unspecified atom stereocenters. The van der Waals surface area contributed by atoms with Crippen LogP contribution in [0.2, 0.25) is 0 Å². The molecule has 3 N–H and O–H groups in total. The number of esters is 1. The normalized spacial score (nSPS) is 15.8. The van der Waals surface area contributed by atoms with E-state index in [1.54, 1.807) is 6.92 Å². The Kier molecular flexibility index (Phi) is 6.37. The lowest BCUT2D eigenvalue weighted by Crippen LogP contribution is -2.38. The third-order valence-electron chi connectivity index (χ3n) is 3.62. The average Bonchev–Trinajstić information content (AvgIpc) is 3.28. The molecule has 1 fully saturated rings. The maximum atomic E-state index is 12.3. The maximum absolute atomic E-state index is 12.3. The van der Waals surface area contributed by atoms with E-state index in [1.165, 1.54) is 25.3 Å². The topological polar surface area (TPSA) is 98.5 Å². The van der Waals surface area contributed by atoms with Crippen LogP contribution >= 0.6 is 12.4 Å². The van der Waals surface area contributed by atoms with E-state index in [0.29, 0.717) is 17.0 Å². The number of carbonyl (C=O) groups excluding carboxylic acids is 1. The predicted molar refractivity (Wildman–Crippen MR) is 85.7 cm³/mol. The minimum atomic E-state index is -3.62. The fraction of sp³-hybridized carbons (Fsp3) is 0.500. The third-order valence-corrected chi connectivity index (χ3v) is 5.21. The smallest absolute Gasteiger partial charge is 0.337 e. The highest BCUT2D eigenvalue weighted by Crippen LogP contribution is 2.31. The molecule has 0 bridgehead atoms. The molecule has 8 heteroatoms. The number of nitrogens with two attached hydrogens (primary N) is 1. The summed E-state index contributed by atoms with van der Waals surface area (Å²) in [4.78, 5) is 11.6. The summed E-state index contributed by atoms with van der Waals surface area (Å²) in [5.41, 5.74) is 6.71. The van der Waals surface area contributed by atoms with Crippen LogP contribution in [0.3, 0.4) is 0 Å². The van der Waals surface area contributed by atoms with Crippen LogP contribution in [-0.4, -0.2) is 34.1 Å². The van der Waals surface area contributed by atoms with Gasteiger partial charge in [-0.3, -0.25) is 0 Å². The number of benzene rings is 1. The molecular formula is C14H21ClN2O4S. The van der Waals surface area contributed by atoms with E-state index in [1.807, 2.05) is 0 Å². The highest BCUT2D eigenvalue weighted by Gasteiger charge is 2.29. The number of methoxy groups -OCH3 is 1. The van der Waals surface area contributed by atoms with Crippen molar-refractivity contribution in [3.8, 4) is 0 Å². The number of halogens is 1. The molecule has 0 amide bonds. The largest absolute Gasteiger partial charge is 0.465 e. The second-order valence-corrected chi connectivity index (χ2v) is 7.06. The standard InChI is InChI=1S/C14H20N2O4S.ClH/c1-9-7-11(14(17)20-2)5-6-13(9)21(18,19)16-8-12(15)10-3-4-10;/h5-7,10,12,16H,3-4,8,15H2,1-2H3;1H. The van der Waals surface area contributed by atoms with Crippen molar-refractivity contribution < 1.29 is 17.9 Å².